The van der Waals surface area contributed by atoms with Crippen LogP contribution < -0.4 is 10.1 Å². The molecule has 2 N–H and O–H groups in total. The van der Waals surface area contributed by atoms with Crippen LogP contribution >= 0.6 is 0 Å². The summed E-state index contributed by atoms with van der Waals surface area (Å²) in [5.74, 6) is -0.957. The number of hydrogen-bond donors (Lipinski definition) is 2. The third-order valence-electron chi connectivity index (χ3n) is 6.13. The van der Waals surface area contributed by atoms with Gasteiger partial charge in [0.25, 0.3) is 0 Å². The Morgan fingerprint density at radius 1 is 1.00 bits per heavy atom. The Labute approximate surface area is 227 Å². The van der Waals surface area contributed by atoms with E-state index in [4.69, 9.17) is 4.74 Å². The van der Waals surface area contributed by atoms with E-state index in [0.29, 0.717) is 12.2 Å². The van der Waals surface area contributed by atoms with E-state index in [-0.39, 0.29) is 36.1 Å². The van der Waals surface area contributed by atoms with Gasteiger partial charge in [-0.05, 0) is 48.6 Å². The fourth-order valence-corrected chi connectivity index (χ4v) is 6.48. The van der Waals surface area contributed by atoms with Crippen LogP contribution in [0, 0.1) is 11.8 Å². The SMILES string of the molecule is COc1ccc(S(=O)(=O)N(CCC(C)C)CC(O)[C@H](Cc2ccccc2)NC(=O)C(C)CS(C)(=O)=O)cc1. The van der Waals surface area contributed by atoms with Crippen LogP contribution in [0.1, 0.15) is 32.8 Å². The maximum atomic E-state index is 13.6. The smallest absolute Gasteiger partial charge is 0.243 e. The third-order valence-corrected chi connectivity index (χ3v) is 9.12. The van der Waals surface area contributed by atoms with Crippen LogP contribution in [0.4, 0.5) is 0 Å². The van der Waals surface area contributed by atoms with Crippen molar-refractivity contribution in [2.75, 3.05) is 32.2 Å². The molecule has 2 rings (SSSR count). The lowest BCUT2D eigenvalue weighted by Crippen LogP contribution is -2.52. The average molecular weight is 569 g/mol. The van der Waals surface area contributed by atoms with E-state index >= 15 is 0 Å². The molecule has 2 aromatic rings. The second-order valence-electron chi connectivity index (χ2n) is 10.1. The summed E-state index contributed by atoms with van der Waals surface area (Å²) in [5.41, 5.74) is 0.833. The summed E-state index contributed by atoms with van der Waals surface area (Å²) < 4.78 is 56.9. The molecule has 11 heteroatoms. The summed E-state index contributed by atoms with van der Waals surface area (Å²) in [6.45, 7) is 5.40. The maximum Gasteiger partial charge on any atom is 0.243 e. The first-order chi connectivity index (χ1) is 17.7. The topological polar surface area (TPSA) is 130 Å². The number of aliphatic hydroxyl groups is 1. The predicted octanol–water partition coefficient (Wildman–Crippen LogP) is 2.50. The molecule has 0 saturated carbocycles. The number of nitrogens with one attached hydrogen (secondary N) is 1. The summed E-state index contributed by atoms with van der Waals surface area (Å²) in [7, 11) is -5.87. The molecule has 0 bridgehead atoms. The molecule has 38 heavy (non-hydrogen) atoms. The highest BCUT2D eigenvalue weighted by atomic mass is 32.2. The second kappa shape index (κ2) is 14.1. The first kappa shape index (κ1) is 31.7. The predicted molar refractivity (Wildman–Crippen MR) is 148 cm³/mol. The van der Waals surface area contributed by atoms with Crippen LogP contribution in [-0.4, -0.2) is 76.5 Å². The molecule has 0 aliphatic rings. The Morgan fingerprint density at radius 3 is 2.13 bits per heavy atom. The molecule has 0 spiro atoms. The summed E-state index contributed by atoms with van der Waals surface area (Å²) in [4.78, 5) is 12.9. The van der Waals surface area contributed by atoms with Gasteiger partial charge < -0.3 is 15.2 Å². The van der Waals surface area contributed by atoms with Gasteiger partial charge in [-0.25, -0.2) is 16.8 Å². The van der Waals surface area contributed by atoms with Gasteiger partial charge in [0.05, 0.1) is 29.9 Å². The minimum Gasteiger partial charge on any atom is -0.497 e. The quantitative estimate of drug-likeness (QED) is 0.338. The number of aliphatic hydroxyl groups excluding tert-OH is 1. The van der Waals surface area contributed by atoms with E-state index in [0.717, 1.165) is 11.8 Å². The normalized spacial score (nSPS) is 14.7. The second-order valence-corrected chi connectivity index (χ2v) is 14.2. The molecular weight excluding hydrogens is 528 g/mol. The lowest BCUT2D eigenvalue weighted by molar-refractivity contribution is -0.125. The number of benzene rings is 2. The summed E-state index contributed by atoms with van der Waals surface area (Å²) >= 11 is 0. The number of hydrogen-bond acceptors (Lipinski definition) is 7. The number of sulfonamides is 1. The summed E-state index contributed by atoms with van der Waals surface area (Å²) in [5, 5.41) is 14.1. The highest BCUT2D eigenvalue weighted by Crippen LogP contribution is 2.22. The van der Waals surface area contributed by atoms with Gasteiger partial charge in [-0.1, -0.05) is 51.1 Å². The van der Waals surface area contributed by atoms with Crippen LogP contribution in [0.5, 0.6) is 5.75 Å². The van der Waals surface area contributed by atoms with Crippen molar-refractivity contribution in [1.29, 1.82) is 0 Å². The largest absolute Gasteiger partial charge is 0.497 e. The zero-order valence-electron chi connectivity index (χ0n) is 22.7. The lowest BCUT2D eigenvalue weighted by atomic mass is 10.00. The molecule has 0 aliphatic heterocycles. The van der Waals surface area contributed by atoms with Gasteiger partial charge in [0.2, 0.25) is 15.9 Å². The molecule has 9 nitrogen and oxygen atoms in total. The van der Waals surface area contributed by atoms with Crippen LogP contribution in [0.3, 0.4) is 0 Å². The molecule has 2 aromatic carbocycles. The number of nitrogens with zero attached hydrogens (tertiary/aromatic N) is 1. The van der Waals surface area contributed by atoms with Crippen molar-refractivity contribution in [2.45, 2.75) is 50.7 Å². The average Bonchev–Trinajstić information content (AvgIpc) is 2.85. The van der Waals surface area contributed by atoms with Crippen LogP contribution in [0.15, 0.2) is 59.5 Å². The number of ether oxygens (including phenoxy) is 1. The monoisotopic (exact) mass is 568 g/mol. The number of methoxy groups -OCH3 is 1. The zero-order valence-corrected chi connectivity index (χ0v) is 24.3. The standard InChI is InChI=1S/C27H40N2O7S2/c1-20(2)15-16-29(38(34,35)24-13-11-23(36-4)12-14-24)18-26(30)25(17-22-9-7-6-8-10-22)28-27(31)21(3)19-37(5,32)33/h6-14,20-21,25-26,30H,15-19H2,1-5H3,(H,28,31)/t21?,25-,26?/m0/s1. The van der Waals surface area contributed by atoms with E-state index in [2.05, 4.69) is 5.32 Å². The number of amides is 1. The van der Waals surface area contributed by atoms with Gasteiger partial charge in [0.1, 0.15) is 15.6 Å². The van der Waals surface area contributed by atoms with E-state index < -0.39 is 43.8 Å². The Bertz CT molecular complexity index is 1230. The van der Waals surface area contributed by atoms with Gasteiger partial charge in [-0.2, -0.15) is 4.31 Å². The number of sulfone groups is 1. The van der Waals surface area contributed by atoms with Crippen molar-refractivity contribution >= 4 is 25.8 Å². The Balaban J connectivity index is 2.34. The lowest BCUT2D eigenvalue weighted by Gasteiger charge is -2.31. The van der Waals surface area contributed by atoms with Crippen molar-refractivity contribution in [3.05, 3.63) is 60.2 Å². The van der Waals surface area contributed by atoms with E-state index in [1.54, 1.807) is 12.1 Å². The number of carbonyl (C=O) groups excluding carboxylic acids is 1. The van der Waals surface area contributed by atoms with E-state index in [9.17, 15) is 26.7 Å². The molecule has 3 atom stereocenters. The van der Waals surface area contributed by atoms with Crippen LogP contribution in [0.25, 0.3) is 0 Å². The molecule has 0 aromatic heterocycles. The highest BCUT2D eigenvalue weighted by Gasteiger charge is 2.32. The minimum atomic E-state index is -3.97. The summed E-state index contributed by atoms with van der Waals surface area (Å²) in [6.07, 6.45) is 0.608. The highest BCUT2D eigenvalue weighted by molar-refractivity contribution is 7.90. The third kappa shape index (κ3) is 10.0. The molecule has 0 aliphatic carbocycles. The molecule has 0 fully saturated rings. The van der Waals surface area contributed by atoms with Crippen molar-refractivity contribution < 1.29 is 31.5 Å². The van der Waals surface area contributed by atoms with Gasteiger partial charge in [-0.3, -0.25) is 4.79 Å². The molecule has 0 heterocycles. The fraction of sp³-hybridized carbons (Fsp3) is 0.519. The first-order valence-electron chi connectivity index (χ1n) is 12.6. The van der Waals surface area contributed by atoms with Crippen LogP contribution in [0.2, 0.25) is 0 Å². The fourth-order valence-electron chi connectivity index (χ4n) is 3.95. The van der Waals surface area contributed by atoms with Gasteiger partial charge >= 0.3 is 0 Å². The van der Waals surface area contributed by atoms with Gasteiger partial charge in [0, 0.05) is 25.3 Å². The molecular formula is C27H40N2O7S2. The first-order valence-corrected chi connectivity index (χ1v) is 16.1. The summed E-state index contributed by atoms with van der Waals surface area (Å²) in [6, 6.07) is 14.4. The molecule has 2 unspecified atom stereocenters. The van der Waals surface area contributed by atoms with Crippen LogP contribution in [-0.2, 0) is 31.1 Å². The number of carbonyl (C=O) groups is 1. The van der Waals surface area contributed by atoms with E-state index in [1.165, 1.54) is 30.5 Å². The van der Waals surface area contributed by atoms with Crippen molar-refractivity contribution in [2.24, 2.45) is 11.8 Å². The molecule has 0 radical (unpaired) electrons. The minimum absolute atomic E-state index is 0.0691. The van der Waals surface area contributed by atoms with Crippen molar-refractivity contribution in [1.82, 2.24) is 9.62 Å². The Morgan fingerprint density at radius 2 is 1.61 bits per heavy atom. The zero-order chi connectivity index (χ0) is 28.5. The van der Waals surface area contributed by atoms with Crippen molar-refractivity contribution in [3.63, 3.8) is 0 Å². The van der Waals surface area contributed by atoms with Gasteiger partial charge in [0.15, 0.2) is 0 Å². The Hall–Kier alpha value is -2.47. The van der Waals surface area contributed by atoms with Crippen molar-refractivity contribution in [3.8, 4) is 5.75 Å². The molecule has 0 saturated heterocycles. The van der Waals surface area contributed by atoms with Gasteiger partial charge in [-0.15, -0.1) is 0 Å². The molecule has 212 valence electrons. The maximum absolute atomic E-state index is 13.6. The molecule has 1 amide bonds. The van der Waals surface area contributed by atoms with E-state index in [1.807, 2.05) is 44.2 Å². The number of rotatable bonds is 15. The Kier molecular flexibility index (Phi) is 11.8.